The van der Waals surface area contributed by atoms with Gasteiger partial charge in [0.2, 0.25) is 0 Å². The van der Waals surface area contributed by atoms with Crippen molar-refractivity contribution in [2.24, 2.45) is 0 Å². The molecule has 2 fully saturated rings. The highest BCUT2D eigenvalue weighted by molar-refractivity contribution is 7.39. The Morgan fingerprint density at radius 3 is 1.89 bits per heavy atom. The van der Waals surface area contributed by atoms with Gasteiger partial charge in [-0.1, -0.05) is 81.4 Å². The minimum absolute atomic E-state index is 0.0343. The highest BCUT2D eigenvalue weighted by atomic mass is 31.1. The third kappa shape index (κ3) is 5.52. The van der Waals surface area contributed by atoms with E-state index in [1.54, 1.807) is 0 Å². The average molecular weight is 660 g/mol. The smallest absolute Gasteiger partial charge is 0.310 e. The second-order valence-electron chi connectivity index (χ2n) is 14.9. The molecule has 3 heterocycles. The number of fused-ring (bicyclic) bond motifs is 8. The van der Waals surface area contributed by atoms with Gasteiger partial charge in [-0.15, -0.1) is 0 Å². The lowest BCUT2D eigenvalue weighted by atomic mass is 9.99. The second kappa shape index (κ2) is 11.5. The Hall–Kier alpha value is -2.68. The van der Waals surface area contributed by atoms with E-state index in [-0.39, 0.29) is 29.3 Å². The highest BCUT2D eigenvalue weighted by Crippen LogP contribution is 2.48. The molecule has 2 aliphatic rings. The molecule has 0 aliphatic carbocycles. The van der Waals surface area contributed by atoms with Crippen LogP contribution in [-0.2, 0) is 18.6 Å². The number of rotatable bonds is 6. The molecule has 7 rings (SSSR count). The first-order valence-electron chi connectivity index (χ1n) is 16.4. The first kappa shape index (κ1) is 31.9. The van der Waals surface area contributed by atoms with Crippen LogP contribution in [0, 0.1) is 0 Å². The van der Waals surface area contributed by atoms with E-state index in [9.17, 15) is 0 Å². The van der Waals surface area contributed by atoms with Gasteiger partial charge in [-0.2, -0.15) is 4.67 Å². The predicted molar refractivity (Wildman–Crippen MR) is 190 cm³/mol. The molecule has 5 aromatic rings. The van der Waals surface area contributed by atoms with Crippen molar-refractivity contribution < 1.29 is 27.0 Å². The second-order valence-corrected chi connectivity index (χ2v) is 21.0. The van der Waals surface area contributed by atoms with Crippen LogP contribution in [0.3, 0.4) is 0 Å². The average Bonchev–Trinajstić information content (AvgIpc) is 3.39. The maximum atomic E-state index is 7.07. The molecule has 0 N–H and O–H groups in total. The Labute approximate surface area is 273 Å². The molecule has 1 aromatic heterocycles. The lowest BCUT2D eigenvalue weighted by Gasteiger charge is -2.39. The van der Waals surface area contributed by atoms with E-state index in [2.05, 4.69) is 125 Å². The van der Waals surface area contributed by atoms with Crippen molar-refractivity contribution in [2.45, 2.75) is 103 Å². The standard InChI is InChI=1S/C37H46NO6PSi/c1-23(2)38(33-30(22-39-46(8,9)36(3,4)5)40-35-34(33)41-37(6,7)42-35)45-43-28-20-18-24-14-10-12-16-26(24)31(28)32-27-17-13-11-15-25(27)19-21-29(32)44-45/h10-21,23,30,33-35H,22H2,1-9H3/t30-,33-,34-,35-/m1/s1. The molecule has 4 aromatic carbocycles. The predicted octanol–water partition coefficient (Wildman–Crippen LogP) is 10.2. The summed E-state index contributed by atoms with van der Waals surface area (Å²) in [6.07, 6.45) is -1.15. The van der Waals surface area contributed by atoms with Crippen molar-refractivity contribution in [1.29, 1.82) is 0 Å². The van der Waals surface area contributed by atoms with Gasteiger partial charge in [0.25, 0.3) is 0 Å². The summed E-state index contributed by atoms with van der Waals surface area (Å²) >= 11 is 0. The van der Waals surface area contributed by atoms with Crippen LogP contribution >= 0.6 is 8.16 Å². The van der Waals surface area contributed by atoms with Crippen molar-refractivity contribution >= 4 is 60.0 Å². The van der Waals surface area contributed by atoms with Gasteiger partial charge in [0.15, 0.2) is 20.4 Å². The van der Waals surface area contributed by atoms with Gasteiger partial charge in [-0.05, 0) is 79.5 Å². The van der Waals surface area contributed by atoms with Crippen molar-refractivity contribution in [3.8, 4) is 0 Å². The molecule has 0 radical (unpaired) electrons. The Bertz CT molecular complexity index is 1870. The largest absolute Gasteiger partial charge is 0.414 e. The van der Waals surface area contributed by atoms with Crippen LogP contribution in [0.1, 0.15) is 48.5 Å². The quantitative estimate of drug-likeness (QED) is 0.168. The van der Waals surface area contributed by atoms with Crippen molar-refractivity contribution in [2.75, 3.05) is 11.3 Å². The molecule has 46 heavy (non-hydrogen) atoms. The summed E-state index contributed by atoms with van der Waals surface area (Å²) in [6, 6.07) is 25.2. The Morgan fingerprint density at radius 2 is 1.37 bits per heavy atom. The van der Waals surface area contributed by atoms with Gasteiger partial charge in [-0.25, -0.2) is 0 Å². The zero-order chi connectivity index (χ0) is 32.6. The fourth-order valence-corrected chi connectivity index (χ4v) is 9.37. The minimum atomic E-state index is -2.06. The van der Waals surface area contributed by atoms with Crippen LogP contribution in [-0.4, -0.2) is 51.3 Å². The molecule has 2 saturated heterocycles. The molecular formula is C37H46NO6PSi. The van der Waals surface area contributed by atoms with Gasteiger partial charge in [0.1, 0.15) is 23.4 Å². The number of benzene rings is 4. The lowest BCUT2D eigenvalue weighted by molar-refractivity contribution is -0.209. The Morgan fingerprint density at radius 1 is 0.826 bits per heavy atom. The molecular weight excluding hydrogens is 613 g/mol. The Balaban J connectivity index is 1.45. The maximum Gasteiger partial charge on any atom is 0.310 e. The summed E-state index contributed by atoms with van der Waals surface area (Å²) < 4.78 is 42.8. The summed E-state index contributed by atoms with van der Waals surface area (Å²) in [5.41, 5.74) is 1.61. The van der Waals surface area contributed by atoms with Gasteiger partial charge >= 0.3 is 8.16 Å². The molecule has 244 valence electrons. The number of nitrogens with zero attached hydrogens (tertiary/aromatic N) is 1. The topological polar surface area (TPSA) is 66.4 Å². The summed E-state index contributed by atoms with van der Waals surface area (Å²) in [6.45, 7) is 20.0. The monoisotopic (exact) mass is 659 g/mol. The van der Waals surface area contributed by atoms with E-state index in [4.69, 9.17) is 27.0 Å². The highest BCUT2D eigenvalue weighted by Gasteiger charge is 2.58. The van der Waals surface area contributed by atoms with Crippen molar-refractivity contribution in [3.63, 3.8) is 0 Å². The fraction of sp³-hybridized carbons (Fsp3) is 0.459. The molecule has 2 aliphatic heterocycles. The molecule has 0 saturated carbocycles. The van der Waals surface area contributed by atoms with Crippen molar-refractivity contribution in [3.05, 3.63) is 72.8 Å². The molecule has 0 amide bonds. The number of hydrogen-bond acceptors (Lipinski definition) is 7. The summed E-state index contributed by atoms with van der Waals surface area (Å²) in [7, 11) is -3.73. The maximum absolute atomic E-state index is 7.07. The van der Waals surface area contributed by atoms with Crippen LogP contribution in [0.25, 0.3) is 43.5 Å². The SMILES string of the molecule is CC(C)N([C@H]1[C@H]2OC(C)(C)O[C@H]2O[C@@H]1CO[Si](C)(C)C(C)(C)C)p1oc2ccc3ccccc3c2c2c(ccc3ccccc32)o1. The third-order valence-corrected chi connectivity index (χ3v) is 16.2. The van der Waals surface area contributed by atoms with Gasteiger partial charge in [0, 0.05) is 16.8 Å². The van der Waals surface area contributed by atoms with Gasteiger partial charge < -0.3 is 27.0 Å². The van der Waals surface area contributed by atoms with E-state index in [0.717, 1.165) is 43.5 Å². The zero-order valence-corrected chi connectivity index (χ0v) is 30.3. The fourth-order valence-electron chi connectivity index (χ4n) is 6.62. The first-order chi connectivity index (χ1) is 21.7. The molecule has 0 bridgehead atoms. The third-order valence-electron chi connectivity index (χ3n) is 9.94. The summed E-state index contributed by atoms with van der Waals surface area (Å²) in [5.74, 6) is -0.767. The van der Waals surface area contributed by atoms with Crippen molar-refractivity contribution in [1.82, 2.24) is 0 Å². The molecule has 4 atom stereocenters. The van der Waals surface area contributed by atoms with E-state index in [1.165, 1.54) is 0 Å². The summed E-state index contributed by atoms with van der Waals surface area (Å²) in [4.78, 5) is 0. The molecule has 0 spiro atoms. The van der Waals surface area contributed by atoms with E-state index in [0.29, 0.717) is 6.61 Å². The molecule has 0 unspecified atom stereocenters. The van der Waals surface area contributed by atoms with Gasteiger partial charge in [0.05, 0.1) is 12.6 Å². The molecule has 7 nitrogen and oxygen atoms in total. The molecule has 9 heteroatoms. The Kier molecular flexibility index (Phi) is 7.96. The van der Waals surface area contributed by atoms with Crippen LogP contribution in [0.2, 0.25) is 18.1 Å². The van der Waals surface area contributed by atoms with Crippen LogP contribution in [0.15, 0.2) is 81.2 Å². The van der Waals surface area contributed by atoms with E-state index < -0.39 is 28.6 Å². The van der Waals surface area contributed by atoms with E-state index in [1.807, 2.05) is 13.8 Å². The van der Waals surface area contributed by atoms with Crippen LogP contribution < -0.4 is 4.67 Å². The minimum Gasteiger partial charge on any atom is -0.414 e. The number of ether oxygens (including phenoxy) is 3. The normalized spacial score (nSPS) is 23.4. The van der Waals surface area contributed by atoms with E-state index >= 15 is 0 Å². The van der Waals surface area contributed by atoms with Crippen LogP contribution in [0.4, 0.5) is 0 Å². The first-order valence-corrected chi connectivity index (χ1v) is 20.4. The lowest BCUT2D eigenvalue weighted by Crippen LogP contribution is -2.53. The zero-order valence-electron chi connectivity index (χ0n) is 28.4. The number of hydrogen-bond donors (Lipinski definition) is 0. The van der Waals surface area contributed by atoms with Gasteiger partial charge in [-0.3, -0.25) is 0 Å². The summed E-state index contributed by atoms with van der Waals surface area (Å²) in [5, 5.41) is 6.76. The van der Waals surface area contributed by atoms with Crippen LogP contribution in [0.5, 0.6) is 0 Å².